The Morgan fingerprint density at radius 1 is 1.03 bits per heavy atom. The summed E-state index contributed by atoms with van der Waals surface area (Å²) in [6.07, 6.45) is 1.75. The lowest BCUT2D eigenvalue weighted by Gasteiger charge is -2.26. The molecule has 0 aliphatic heterocycles. The predicted molar refractivity (Wildman–Crippen MR) is 130 cm³/mol. The smallest absolute Gasteiger partial charge is 0.230 e. The maximum absolute atomic E-state index is 13.2. The Hall–Kier alpha value is -2.77. The highest BCUT2D eigenvalue weighted by Gasteiger charge is 2.24. The first-order valence-corrected chi connectivity index (χ1v) is 11.9. The lowest BCUT2D eigenvalue weighted by Crippen LogP contribution is -2.37. The average Bonchev–Trinajstić information content (AvgIpc) is 3.26. The molecule has 0 saturated carbocycles. The number of anilines is 1. The van der Waals surface area contributed by atoms with Gasteiger partial charge in [-0.15, -0.1) is 10.2 Å². The summed E-state index contributed by atoms with van der Waals surface area (Å²) in [5.41, 5.74) is 1.90. The number of nitrogens with one attached hydrogen (secondary N) is 1. The van der Waals surface area contributed by atoms with Crippen molar-refractivity contribution in [3.8, 4) is 10.6 Å². The molecule has 2 amide bonds. The number of carbonyl (C=O) groups is 2. The number of benzene rings is 2. The number of nitrogens with zero attached hydrogens (tertiary/aromatic N) is 3. The SMILES string of the molecule is CCCN(CCC(=O)Nc1nnc(-c2ccc(Cl)cc2)s1)C(=O)C(CC)c1ccccc1. The van der Waals surface area contributed by atoms with E-state index in [1.165, 1.54) is 11.3 Å². The molecule has 0 spiro atoms. The van der Waals surface area contributed by atoms with Gasteiger partial charge >= 0.3 is 0 Å². The van der Waals surface area contributed by atoms with E-state index >= 15 is 0 Å². The molecule has 3 rings (SSSR count). The van der Waals surface area contributed by atoms with E-state index in [9.17, 15) is 9.59 Å². The van der Waals surface area contributed by atoms with Crippen LogP contribution in [0.5, 0.6) is 0 Å². The van der Waals surface area contributed by atoms with Crippen LogP contribution in [0.4, 0.5) is 5.13 Å². The Morgan fingerprint density at radius 3 is 2.41 bits per heavy atom. The van der Waals surface area contributed by atoms with Crippen molar-refractivity contribution in [1.82, 2.24) is 15.1 Å². The highest BCUT2D eigenvalue weighted by atomic mass is 35.5. The highest BCUT2D eigenvalue weighted by molar-refractivity contribution is 7.18. The van der Waals surface area contributed by atoms with Crippen molar-refractivity contribution in [2.75, 3.05) is 18.4 Å². The van der Waals surface area contributed by atoms with Crippen LogP contribution in [0.1, 0.15) is 44.6 Å². The summed E-state index contributed by atoms with van der Waals surface area (Å²) >= 11 is 7.22. The summed E-state index contributed by atoms with van der Waals surface area (Å²) in [5.74, 6) is -0.323. The molecule has 168 valence electrons. The van der Waals surface area contributed by atoms with E-state index in [2.05, 4.69) is 15.5 Å². The fourth-order valence-corrected chi connectivity index (χ4v) is 4.35. The molecule has 8 heteroatoms. The fraction of sp³-hybridized carbons (Fsp3) is 0.333. The van der Waals surface area contributed by atoms with Crippen LogP contribution >= 0.6 is 22.9 Å². The second-order valence-corrected chi connectivity index (χ2v) is 8.83. The summed E-state index contributed by atoms with van der Waals surface area (Å²) in [4.78, 5) is 27.5. The predicted octanol–water partition coefficient (Wildman–Crippen LogP) is 5.62. The van der Waals surface area contributed by atoms with Crippen LogP contribution in [-0.2, 0) is 9.59 Å². The molecule has 1 N–H and O–H groups in total. The number of rotatable bonds is 10. The first-order chi connectivity index (χ1) is 15.5. The number of halogens is 1. The summed E-state index contributed by atoms with van der Waals surface area (Å²) in [6, 6.07) is 17.1. The number of amides is 2. The van der Waals surface area contributed by atoms with Crippen LogP contribution in [-0.4, -0.2) is 40.0 Å². The first kappa shape index (κ1) is 23.9. The Labute approximate surface area is 197 Å². The lowest BCUT2D eigenvalue weighted by molar-refractivity contribution is -0.133. The van der Waals surface area contributed by atoms with Gasteiger partial charge in [-0.1, -0.05) is 79.2 Å². The van der Waals surface area contributed by atoms with Crippen LogP contribution in [0.2, 0.25) is 5.02 Å². The van der Waals surface area contributed by atoms with Crippen molar-refractivity contribution in [2.45, 2.75) is 39.0 Å². The molecule has 0 radical (unpaired) electrons. The molecule has 1 heterocycles. The molecule has 0 aliphatic rings. The van der Waals surface area contributed by atoms with Crippen LogP contribution < -0.4 is 5.32 Å². The van der Waals surface area contributed by atoms with Crippen molar-refractivity contribution in [2.24, 2.45) is 0 Å². The lowest BCUT2D eigenvalue weighted by atomic mass is 9.95. The Balaban J connectivity index is 1.59. The molecule has 1 aromatic heterocycles. The zero-order valence-corrected chi connectivity index (χ0v) is 19.8. The van der Waals surface area contributed by atoms with Gasteiger partial charge in [-0.05, 0) is 30.5 Å². The van der Waals surface area contributed by atoms with Gasteiger partial charge in [0.2, 0.25) is 16.9 Å². The van der Waals surface area contributed by atoms with Crippen LogP contribution in [0.25, 0.3) is 10.6 Å². The molecule has 0 aliphatic carbocycles. The largest absolute Gasteiger partial charge is 0.342 e. The second-order valence-electron chi connectivity index (χ2n) is 7.41. The van der Waals surface area contributed by atoms with E-state index in [4.69, 9.17) is 11.6 Å². The molecule has 0 saturated heterocycles. The van der Waals surface area contributed by atoms with Crippen LogP contribution in [0.15, 0.2) is 54.6 Å². The Kier molecular flexibility index (Phi) is 8.76. The van der Waals surface area contributed by atoms with Crippen molar-refractivity contribution < 1.29 is 9.59 Å². The third-order valence-electron chi connectivity index (χ3n) is 5.08. The number of carbonyl (C=O) groups excluding carboxylic acids is 2. The summed E-state index contributed by atoms with van der Waals surface area (Å²) in [7, 11) is 0. The summed E-state index contributed by atoms with van der Waals surface area (Å²) in [5, 5.41) is 12.8. The monoisotopic (exact) mass is 470 g/mol. The number of aromatic nitrogens is 2. The second kappa shape index (κ2) is 11.7. The maximum Gasteiger partial charge on any atom is 0.230 e. The molecule has 0 bridgehead atoms. The molecule has 3 aromatic rings. The van der Waals surface area contributed by atoms with Gasteiger partial charge in [0, 0.05) is 30.1 Å². The first-order valence-electron chi connectivity index (χ1n) is 10.7. The van der Waals surface area contributed by atoms with E-state index in [-0.39, 0.29) is 24.2 Å². The van der Waals surface area contributed by atoms with Crippen LogP contribution in [0.3, 0.4) is 0 Å². The standard InChI is InChI=1S/C24H27ClN4O2S/c1-3-15-29(23(31)20(4-2)17-8-6-5-7-9-17)16-14-21(30)26-24-28-27-22(32-24)18-10-12-19(25)13-11-18/h5-13,20H,3-4,14-16H2,1-2H3,(H,26,28,30). The van der Waals surface area contributed by atoms with Crippen molar-refractivity contribution in [3.63, 3.8) is 0 Å². The normalized spacial score (nSPS) is 11.7. The van der Waals surface area contributed by atoms with Gasteiger partial charge in [0.05, 0.1) is 5.92 Å². The Morgan fingerprint density at radius 2 is 1.75 bits per heavy atom. The minimum Gasteiger partial charge on any atom is -0.342 e. The number of hydrogen-bond donors (Lipinski definition) is 1. The molecule has 0 fully saturated rings. The summed E-state index contributed by atoms with van der Waals surface area (Å²) < 4.78 is 0. The third-order valence-corrected chi connectivity index (χ3v) is 6.22. The average molecular weight is 471 g/mol. The van der Waals surface area contributed by atoms with E-state index in [1.54, 1.807) is 17.0 Å². The number of hydrogen-bond acceptors (Lipinski definition) is 5. The zero-order chi connectivity index (χ0) is 22.9. The highest BCUT2D eigenvalue weighted by Crippen LogP contribution is 2.27. The van der Waals surface area contributed by atoms with Gasteiger partial charge in [0.25, 0.3) is 0 Å². The van der Waals surface area contributed by atoms with Gasteiger partial charge < -0.3 is 10.2 Å². The zero-order valence-electron chi connectivity index (χ0n) is 18.3. The molecule has 2 aromatic carbocycles. The van der Waals surface area contributed by atoms with Gasteiger partial charge in [-0.2, -0.15) is 0 Å². The molecule has 1 atom stereocenters. The third kappa shape index (κ3) is 6.37. The van der Waals surface area contributed by atoms with E-state index in [0.717, 1.165) is 17.5 Å². The van der Waals surface area contributed by atoms with Gasteiger partial charge in [-0.25, -0.2) is 0 Å². The maximum atomic E-state index is 13.2. The van der Waals surface area contributed by atoms with E-state index < -0.39 is 0 Å². The van der Waals surface area contributed by atoms with Gasteiger partial charge in [-0.3, -0.25) is 9.59 Å². The van der Waals surface area contributed by atoms with E-state index in [1.807, 2.05) is 56.3 Å². The molecular weight excluding hydrogens is 444 g/mol. The minimum atomic E-state index is -0.198. The van der Waals surface area contributed by atoms with Crippen molar-refractivity contribution >= 4 is 39.9 Å². The topological polar surface area (TPSA) is 75.2 Å². The van der Waals surface area contributed by atoms with Crippen LogP contribution in [0, 0.1) is 0 Å². The molecule has 1 unspecified atom stereocenters. The van der Waals surface area contributed by atoms with Gasteiger partial charge in [0.1, 0.15) is 5.01 Å². The van der Waals surface area contributed by atoms with E-state index in [0.29, 0.717) is 34.7 Å². The molecular formula is C24H27ClN4O2S. The summed E-state index contributed by atoms with van der Waals surface area (Å²) in [6.45, 7) is 5.03. The van der Waals surface area contributed by atoms with Crippen molar-refractivity contribution in [3.05, 3.63) is 65.2 Å². The fourth-order valence-electron chi connectivity index (χ4n) is 3.46. The quantitative estimate of drug-likeness (QED) is 0.417. The Bertz CT molecular complexity index is 1020. The molecule has 32 heavy (non-hydrogen) atoms. The van der Waals surface area contributed by atoms with Gasteiger partial charge in [0.15, 0.2) is 0 Å². The molecule has 6 nitrogen and oxygen atoms in total. The van der Waals surface area contributed by atoms with Crippen molar-refractivity contribution in [1.29, 1.82) is 0 Å². The minimum absolute atomic E-state index is 0.0642.